The Labute approximate surface area is 122 Å². The first-order valence-electron chi connectivity index (χ1n) is 7.17. The Morgan fingerprint density at radius 3 is 3.20 bits per heavy atom. The van der Waals surface area contributed by atoms with Gasteiger partial charge in [0.05, 0.1) is 5.25 Å². The molecule has 2 aliphatic rings. The third-order valence-electron chi connectivity index (χ3n) is 4.06. The van der Waals surface area contributed by atoms with Crippen LogP contribution in [0.2, 0.25) is 0 Å². The van der Waals surface area contributed by atoms with Gasteiger partial charge >= 0.3 is 0 Å². The highest BCUT2D eigenvalue weighted by Gasteiger charge is 2.26. The summed E-state index contributed by atoms with van der Waals surface area (Å²) in [7, 11) is 0. The molecule has 1 aromatic carbocycles. The topological polar surface area (TPSA) is 51.0 Å². The Kier molecular flexibility index (Phi) is 3.14. The molecule has 2 unspecified atom stereocenters. The van der Waals surface area contributed by atoms with Crippen molar-refractivity contribution in [2.45, 2.75) is 30.4 Å². The van der Waals surface area contributed by atoms with Gasteiger partial charge < -0.3 is 9.84 Å². The number of nitrogens with one attached hydrogen (secondary N) is 1. The molecular weight excluding hydrogens is 270 g/mol. The first-order chi connectivity index (χ1) is 9.90. The van der Waals surface area contributed by atoms with E-state index in [1.807, 2.05) is 11.8 Å². The third-order valence-corrected chi connectivity index (χ3v) is 5.44. The molecule has 2 aliphatic heterocycles. The van der Waals surface area contributed by atoms with E-state index in [4.69, 9.17) is 4.52 Å². The number of hydrogen-bond donors (Lipinski definition) is 1. The number of benzene rings is 1. The molecule has 0 spiro atoms. The summed E-state index contributed by atoms with van der Waals surface area (Å²) in [5.74, 6) is 3.32. The quantitative estimate of drug-likeness (QED) is 0.937. The predicted molar refractivity (Wildman–Crippen MR) is 80.1 cm³/mol. The summed E-state index contributed by atoms with van der Waals surface area (Å²) in [5, 5.41) is 8.05. The maximum atomic E-state index is 5.45. The van der Waals surface area contributed by atoms with Crippen molar-refractivity contribution in [1.82, 2.24) is 10.1 Å². The predicted octanol–water partition coefficient (Wildman–Crippen LogP) is 3.39. The van der Waals surface area contributed by atoms with Gasteiger partial charge in [-0.2, -0.15) is 16.7 Å². The van der Waals surface area contributed by atoms with Crippen LogP contribution < -0.4 is 5.32 Å². The van der Waals surface area contributed by atoms with Crippen molar-refractivity contribution in [1.29, 1.82) is 0 Å². The van der Waals surface area contributed by atoms with Crippen LogP contribution in [0.3, 0.4) is 0 Å². The fraction of sp³-hybridized carbons (Fsp3) is 0.467. The van der Waals surface area contributed by atoms with Crippen LogP contribution in [0.4, 0.5) is 5.69 Å². The molecule has 104 valence electrons. The zero-order valence-corrected chi connectivity index (χ0v) is 12.0. The van der Waals surface area contributed by atoms with Crippen molar-refractivity contribution in [3.8, 4) is 0 Å². The lowest BCUT2D eigenvalue weighted by molar-refractivity contribution is 0.366. The van der Waals surface area contributed by atoms with Crippen molar-refractivity contribution in [2.24, 2.45) is 0 Å². The maximum Gasteiger partial charge on any atom is 0.227 e. The third kappa shape index (κ3) is 2.20. The second-order valence-corrected chi connectivity index (χ2v) is 6.73. The zero-order chi connectivity index (χ0) is 13.4. The highest BCUT2D eigenvalue weighted by atomic mass is 32.2. The molecule has 20 heavy (non-hydrogen) atoms. The number of hydrogen-bond acceptors (Lipinski definition) is 5. The normalized spacial score (nSPS) is 24.6. The second kappa shape index (κ2) is 5.13. The molecule has 1 fully saturated rings. The van der Waals surface area contributed by atoms with Gasteiger partial charge in [-0.05, 0) is 30.2 Å². The molecule has 0 amide bonds. The Hall–Kier alpha value is -1.49. The number of nitrogens with zero attached hydrogens (tertiary/aromatic N) is 2. The number of rotatable bonds is 3. The Balaban J connectivity index is 1.50. The smallest absolute Gasteiger partial charge is 0.227 e. The molecule has 0 aliphatic carbocycles. The van der Waals surface area contributed by atoms with Crippen molar-refractivity contribution in [3.05, 3.63) is 41.5 Å². The molecule has 1 aromatic heterocycles. The summed E-state index contributed by atoms with van der Waals surface area (Å²) >= 11 is 1.94. The Morgan fingerprint density at radius 2 is 2.30 bits per heavy atom. The number of aromatic nitrogens is 2. The largest absolute Gasteiger partial charge is 0.384 e. The zero-order valence-electron chi connectivity index (χ0n) is 11.2. The van der Waals surface area contributed by atoms with Crippen LogP contribution in [0.1, 0.15) is 41.3 Å². The number of anilines is 1. The summed E-state index contributed by atoms with van der Waals surface area (Å²) in [4.78, 5) is 4.60. The van der Waals surface area contributed by atoms with Crippen molar-refractivity contribution in [3.63, 3.8) is 0 Å². The van der Waals surface area contributed by atoms with E-state index in [9.17, 15) is 0 Å². The molecule has 1 saturated heterocycles. The van der Waals surface area contributed by atoms with E-state index in [1.165, 1.54) is 29.8 Å². The van der Waals surface area contributed by atoms with Gasteiger partial charge in [0.15, 0.2) is 5.82 Å². The van der Waals surface area contributed by atoms with E-state index < -0.39 is 0 Å². The summed E-state index contributed by atoms with van der Waals surface area (Å²) in [6.07, 6.45) is 3.27. The summed E-state index contributed by atoms with van der Waals surface area (Å²) in [6.45, 7) is 0.954. The molecule has 2 aromatic rings. The van der Waals surface area contributed by atoms with Crippen LogP contribution >= 0.6 is 11.8 Å². The fourth-order valence-corrected chi connectivity index (χ4v) is 4.21. The lowest BCUT2D eigenvalue weighted by Gasteiger charge is -2.06. The van der Waals surface area contributed by atoms with Gasteiger partial charge in [-0.25, -0.2) is 0 Å². The summed E-state index contributed by atoms with van der Waals surface area (Å²) in [6, 6.07) is 8.47. The molecule has 2 atom stereocenters. The Morgan fingerprint density at radius 1 is 1.35 bits per heavy atom. The molecular formula is C15H17N3OS. The number of thioether (sulfide) groups is 1. The minimum atomic E-state index is 0.440. The van der Waals surface area contributed by atoms with Gasteiger partial charge in [0.25, 0.3) is 0 Å². The van der Waals surface area contributed by atoms with E-state index in [2.05, 4.69) is 39.7 Å². The standard InChI is InChI=1S/C15H17N3OS/c1-2-5-12-11(4-1)10(9-16-12)8-14-17-15(18-19-14)13-6-3-7-20-13/h1-2,4-5,10,13,16H,3,6-9H2. The van der Waals surface area contributed by atoms with Gasteiger partial charge in [-0.15, -0.1) is 0 Å². The fourth-order valence-electron chi connectivity index (χ4n) is 3.01. The average molecular weight is 287 g/mol. The molecule has 0 bridgehead atoms. The van der Waals surface area contributed by atoms with E-state index in [0.717, 1.165) is 24.7 Å². The minimum Gasteiger partial charge on any atom is -0.384 e. The molecule has 4 nitrogen and oxygen atoms in total. The maximum absolute atomic E-state index is 5.45. The molecule has 4 rings (SSSR count). The molecule has 5 heteroatoms. The van der Waals surface area contributed by atoms with Crippen LogP contribution in [0.15, 0.2) is 28.8 Å². The van der Waals surface area contributed by atoms with Gasteiger partial charge in [0.1, 0.15) is 0 Å². The first-order valence-corrected chi connectivity index (χ1v) is 8.22. The second-order valence-electron chi connectivity index (χ2n) is 5.42. The van der Waals surface area contributed by atoms with Crippen LogP contribution in [0.25, 0.3) is 0 Å². The monoisotopic (exact) mass is 287 g/mol. The van der Waals surface area contributed by atoms with Crippen molar-refractivity contribution < 1.29 is 4.52 Å². The lowest BCUT2D eigenvalue weighted by Crippen LogP contribution is -2.06. The average Bonchev–Trinajstić information content (AvgIpc) is 3.19. The first kappa shape index (κ1) is 12.3. The molecule has 0 radical (unpaired) electrons. The lowest BCUT2D eigenvalue weighted by atomic mass is 9.98. The van der Waals surface area contributed by atoms with Crippen molar-refractivity contribution >= 4 is 17.4 Å². The van der Waals surface area contributed by atoms with E-state index >= 15 is 0 Å². The molecule has 3 heterocycles. The minimum absolute atomic E-state index is 0.440. The SMILES string of the molecule is c1ccc2c(c1)NCC2Cc1nc(C2CCCS2)no1. The summed E-state index contributed by atoms with van der Waals surface area (Å²) < 4.78 is 5.45. The Bertz CT molecular complexity index is 607. The number of fused-ring (bicyclic) bond motifs is 1. The highest BCUT2D eigenvalue weighted by molar-refractivity contribution is 7.99. The molecule has 0 saturated carbocycles. The van der Waals surface area contributed by atoms with Crippen LogP contribution in [-0.2, 0) is 6.42 Å². The van der Waals surface area contributed by atoms with E-state index in [0.29, 0.717) is 11.2 Å². The van der Waals surface area contributed by atoms with Crippen LogP contribution in [0.5, 0.6) is 0 Å². The van der Waals surface area contributed by atoms with Gasteiger partial charge in [0.2, 0.25) is 5.89 Å². The van der Waals surface area contributed by atoms with Gasteiger partial charge in [-0.3, -0.25) is 0 Å². The van der Waals surface area contributed by atoms with Gasteiger partial charge in [-0.1, -0.05) is 23.4 Å². The number of para-hydroxylation sites is 1. The van der Waals surface area contributed by atoms with Crippen LogP contribution in [-0.4, -0.2) is 22.4 Å². The summed E-state index contributed by atoms with van der Waals surface area (Å²) in [5.41, 5.74) is 2.60. The van der Waals surface area contributed by atoms with E-state index in [-0.39, 0.29) is 0 Å². The molecule has 1 N–H and O–H groups in total. The van der Waals surface area contributed by atoms with Gasteiger partial charge in [0, 0.05) is 24.6 Å². The van der Waals surface area contributed by atoms with Crippen molar-refractivity contribution in [2.75, 3.05) is 17.6 Å². The van der Waals surface area contributed by atoms with Crippen LogP contribution in [0, 0.1) is 0 Å². The van der Waals surface area contributed by atoms with E-state index in [1.54, 1.807) is 0 Å². The highest BCUT2D eigenvalue weighted by Crippen LogP contribution is 2.39.